The molecule has 1 aromatic heterocycles. The molecule has 1 heterocycles. The summed E-state index contributed by atoms with van der Waals surface area (Å²) in [5, 5.41) is 4.42. The zero-order chi connectivity index (χ0) is 14.9. The lowest BCUT2D eigenvalue weighted by Crippen LogP contribution is -2.37. The van der Waals surface area contributed by atoms with Gasteiger partial charge in [0.2, 0.25) is 0 Å². The van der Waals surface area contributed by atoms with Crippen molar-refractivity contribution in [2.24, 2.45) is 5.92 Å². The quantitative estimate of drug-likeness (QED) is 0.884. The van der Waals surface area contributed by atoms with Gasteiger partial charge in [0.1, 0.15) is 4.88 Å². The van der Waals surface area contributed by atoms with E-state index in [0.29, 0.717) is 21.5 Å². The number of hydrogen-bond donors (Lipinski definition) is 2. The maximum atomic E-state index is 12.4. The molecule has 0 saturated carbocycles. The van der Waals surface area contributed by atoms with E-state index in [1.165, 1.54) is 11.3 Å². The van der Waals surface area contributed by atoms with Crippen molar-refractivity contribution in [3.05, 3.63) is 28.1 Å². The van der Waals surface area contributed by atoms with E-state index in [-0.39, 0.29) is 11.9 Å². The molecule has 0 bridgehead atoms. The summed E-state index contributed by atoms with van der Waals surface area (Å²) in [5.41, 5.74) is 6.58. The van der Waals surface area contributed by atoms with Crippen LogP contribution in [0.2, 0.25) is 5.02 Å². The smallest absolute Gasteiger partial charge is 0.263 e. The Balaban J connectivity index is 2.36. The molecule has 108 valence electrons. The van der Waals surface area contributed by atoms with Crippen molar-refractivity contribution in [2.45, 2.75) is 33.2 Å². The largest absolute Gasteiger partial charge is 0.397 e. The minimum absolute atomic E-state index is 0.111. The van der Waals surface area contributed by atoms with Crippen LogP contribution in [0.15, 0.2) is 18.2 Å². The number of amides is 1. The molecule has 0 radical (unpaired) electrons. The van der Waals surface area contributed by atoms with E-state index in [4.69, 9.17) is 17.3 Å². The highest BCUT2D eigenvalue weighted by atomic mass is 35.5. The lowest BCUT2D eigenvalue weighted by Gasteiger charge is -2.20. The molecule has 3 nitrogen and oxygen atoms in total. The van der Waals surface area contributed by atoms with Gasteiger partial charge in [-0.05, 0) is 24.5 Å². The number of thiophene rings is 1. The molecule has 20 heavy (non-hydrogen) atoms. The zero-order valence-electron chi connectivity index (χ0n) is 11.9. The third-order valence-corrected chi connectivity index (χ3v) is 4.95. The van der Waals surface area contributed by atoms with Crippen LogP contribution >= 0.6 is 22.9 Å². The first-order valence-electron chi connectivity index (χ1n) is 6.73. The van der Waals surface area contributed by atoms with Gasteiger partial charge in [-0.1, -0.05) is 38.4 Å². The lowest BCUT2D eigenvalue weighted by atomic mass is 10.0. The third-order valence-electron chi connectivity index (χ3n) is 3.47. The highest BCUT2D eigenvalue weighted by Crippen LogP contribution is 2.38. The molecule has 1 amide bonds. The summed E-state index contributed by atoms with van der Waals surface area (Å²) in [5.74, 6) is 0.281. The van der Waals surface area contributed by atoms with Crippen LogP contribution in [0.1, 0.15) is 36.9 Å². The van der Waals surface area contributed by atoms with E-state index < -0.39 is 0 Å². The Bertz CT molecular complexity index is 636. The van der Waals surface area contributed by atoms with Gasteiger partial charge in [-0.25, -0.2) is 0 Å². The van der Waals surface area contributed by atoms with E-state index >= 15 is 0 Å². The van der Waals surface area contributed by atoms with Gasteiger partial charge < -0.3 is 11.1 Å². The molecule has 0 spiro atoms. The van der Waals surface area contributed by atoms with Crippen molar-refractivity contribution < 1.29 is 4.79 Å². The first-order valence-corrected chi connectivity index (χ1v) is 7.92. The summed E-state index contributed by atoms with van der Waals surface area (Å²) in [4.78, 5) is 12.9. The molecule has 2 rings (SSSR count). The minimum atomic E-state index is -0.111. The predicted octanol–water partition coefficient (Wildman–Crippen LogP) is 4.30. The second-order valence-electron chi connectivity index (χ2n) is 5.19. The van der Waals surface area contributed by atoms with Gasteiger partial charge >= 0.3 is 0 Å². The van der Waals surface area contributed by atoms with Crippen LogP contribution in [-0.2, 0) is 0 Å². The van der Waals surface area contributed by atoms with Gasteiger partial charge in [0.25, 0.3) is 5.91 Å². The van der Waals surface area contributed by atoms with Gasteiger partial charge in [-0.3, -0.25) is 4.79 Å². The lowest BCUT2D eigenvalue weighted by molar-refractivity contribution is 0.0929. The molecule has 0 fully saturated rings. The number of anilines is 1. The third kappa shape index (κ3) is 2.76. The van der Waals surface area contributed by atoms with Gasteiger partial charge in [0.15, 0.2) is 0 Å². The van der Waals surface area contributed by atoms with Crippen LogP contribution in [0.25, 0.3) is 10.1 Å². The molecule has 5 heteroatoms. The van der Waals surface area contributed by atoms with E-state index in [1.54, 1.807) is 6.07 Å². The average molecular weight is 311 g/mol. The normalized spacial score (nSPS) is 12.8. The zero-order valence-corrected chi connectivity index (χ0v) is 13.4. The second kappa shape index (κ2) is 6.02. The first-order chi connectivity index (χ1) is 9.45. The van der Waals surface area contributed by atoms with E-state index in [2.05, 4.69) is 26.1 Å². The molecule has 1 aromatic carbocycles. The molecule has 0 aliphatic heterocycles. The van der Waals surface area contributed by atoms with Crippen LogP contribution in [0.3, 0.4) is 0 Å². The number of nitrogens with one attached hydrogen (secondary N) is 1. The molecule has 1 unspecified atom stereocenters. The molecule has 1 atom stereocenters. The Labute approximate surface area is 128 Å². The average Bonchev–Trinajstić information content (AvgIpc) is 2.74. The molecule has 2 aromatic rings. The summed E-state index contributed by atoms with van der Waals surface area (Å²) >= 11 is 7.55. The van der Waals surface area contributed by atoms with Crippen molar-refractivity contribution in [1.29, 1.82) is 0 Å². The second-order valence-corrected chi connectivity index (χ2v) is 6.65. The Morgan fingerprint density at radius 1 is 1.45 bits per heavy atom. The van der Waals surface area contributed by atoms with Crippen molar-refractivity contribution in [2.75, 3.05) is 5.73 Å². The monoisotopic (exact) mass is 310 g/mol. The fourth-order valence-electron chi connectivity index (χ4n) is 2.27. The van der Waals surface area contributed by atoms with Crippen molar-refractivity contribution in [3.8, 4) is 0 Å². The Hall–Kier alpha value is -1.26. The van der Waals surface area contributed by atoms with Crippen molar-refractivity contribution in [3.63, 3.8) is 0 Å². The Kier molecular flexibility index (Phi) is 4.55. The molecule has 0 aliphatic rings. The predicted molar refractivity (Wildman–Crippen MR) is 87.6 cm³/mol. The summed E-state index contributed by atoms with van der Waals surface area (Å²) in [7, 11) is 0. The van der Waals surface area contributed by atoms with Gasteiger partial charge in [0, 0.05) is 16.1 Å². The SMILES string of the molecule is CCC(NC(=O)c1sc2cccc(Cl)c2c1N)C(C)C. The van der Waals surface area contributed by atoms with Gasteiger partial charge in [-0.2, -0.15) is 0 Å². The Morgan fingerprint density at radius 2 is 2.15 bits per heavy atom. The van der Waals surface area contributed by atoms with Crippen LogP contribution in [0.4, 0.5) is 5.69 Å². The number of fused-ring (bicyclic) bond motifs is 1. The highest BCUT2D eigenvalue weighted by molar-refractivity contribution is 7.21. The molecule has 0 saturated heterocycles. The summed E-state index contributed by atoms with van der Waals surface area (Å²) in [6, 6.07) is 5.74. The highest BCUT2D eigenvalue weighted by Gasteiger charge is 2.21. The number of nitrogen functional groups attached to an aromatic ring is 1. The number of nitrogens with two attached hydrogens (primary N) is 1. The number of rotatable bonds is 4. The van der Waals surface area contributed by atoms with E-state index in [9.17, 15) is 4.79 Å². The van der Waals surface area contributed by atoms with Crippen LogP contribution < -0.4 is 11.1 Å². The fourth-order valence-corrected chi connectivity index (χ4v) is 3.66. The number of carbonyl (C=O) groups excluding carboxylic acids is 1. The molecule has 3 N–H and O–H groups in total. The standard InChI is InChI=1S/C15H19ClN2OS/c1-4-10(8(2)3)18-15(19)14-13(17)12-9(16)6-5-7-11(12)20-14/h5-8,10H,4,17H2,1-3H3,(H,18,19). The number of hydrogen-bond acceptors (Lipinski definition) is 3. The summed E-state index contributed by atoms with van der Waals surface area (Å²) in [6.07, 6.45) is 0.898. The van der Waals surface area contributed by atoms with Crippen LogP contribution in [-0.4, -0.2) is 11.9 Å². The number of carbonyl (C=O) groups is 1. The maximum absolute atomic E-state index is 12.4. The van der Waals surface area contributed by atoms with Gasteiger partial charge in [-0.15, -0.1) is 11.3 Å². The summed E-state index contributed by atoms with van der Waals surface area (Å²) < 4.78 is 0.942. The van der Waals surface area contributed by atoms with E-state index in [0.717, 1.165) is 16.5 Å². The minimum Gasteiger partial charge on any atom is -0.397 e. The number of benzene rings is 1. The Morgan fingerprint density at radius 3 is 2.70 bits per heavy atom. The van der Waals surface area contributed by atoms with Gasteiger partial charge in [0.05, 0.1) is 10.7 Å². The molecular formula is C15H19ClN2OS. The van der Waals surface area contributed by atoms with Crippen LogP contribution in [0.5, 0.6) is 0 Å². The van der Waals surface area contributed by atoms with Crippen LogP contribution in [0, 0.1) is 5.92 Å². The summed E-state index contributed by atoms with van der Waals surface area (Å²) in [6.45, 7) is 6.26. The topological polar surface area (TPSA) is 55.1 Å². The molecular weight excluding hydrogens is 292 g/mol. The molecule has 0 aliphatic carbocycles. The van der Waals surface area contributed by atoms with Crippen molar-refractivity contribution >= 4 is 44.6 Å². The first kappa shape index (κ1) is 15.1. The maximum Gasteiger partial charge on any atom is 0.263 e. The number of halogens is 1. The fraction of sp³-hybridized carbons (Fsp3) is 0.400. The van der Waals surface area contributed by atoms with Crippen molar-refractivity contribution in [1.82, 2.24) is 5.32 Å². The van der Waals surface area contributed by atoms with E-state index in [1.807, 2.05) is 12.1 Å².